The second kappa shape index (κ2) is 12.0. The highest BCUT2D eigenvalue weighted by molar-refractivity contribution is 7.21. The summed E-state index contributed by atoms with van der Waals surface area (Å²) in [7, 11) is 1.53. The molecule has 1 amide bonds. The Morgan fingerprint density at radius 1 is 1.06 bits per heavy atom. The Balaban J connectivity index is 1.61. The standard InChI is InChI=1S/C23H26F2N2O5S/c1-3-29-10-11-30-12-13-31-15-23(24,25)16-4-6-17(7-5-16)32-20-18-8-9-27-14-19(18)33-21(20)22(28)26-2/h4-9,14H,3,10-13,15H2,1-2H3,(H,26,28). The Labute approximate surface area is 194 Å². The molecule has 10 heteroatoms. The monoisotopic (exact) mass is 480 g/mol. The summed E-state index contributed by atoms with van der Waals surface area (Å²) in [5.41, 5.74) is -0.196. The van der Waals surface area contributed by atoms with E-state index < -0.39 is 12.5 Å². The molecule has 0 atom stereocenters. The van der Waals surface area contributed by atoms with Crippen molar-refractivity contribution < 1.29 is 32.5 Å². The van der Waals surface area contributed by atoms with E-state index in [1.807, 2.05) is 6.92 Å². The molecule has 0 fully saturated rings. The van der Waals surface area contributed by atoms with Gasteiger partial charge in [-0.1, -0.05) is 0 Å². The van der Waals surface area contributed by atoms with Crippen LogP contribution in [0.1, 0.15) is 22.2 Å². The number of carbonyl (C=O) groups excluding carboxylic acids is 1. The number of nitrogens with one attached hydrogen (secondary N) is 1. The molecule has 0 aliphatic heterocycles. The average molecular weight is 481 g/mol. The van der Waals surface area contributed by atoms with Crippen LogP contribution in [0.15, 0.2) is 42.7 Å². The van der Waals surface area contributed by atoms with Crippen molar-refractivity contribution in [1.29, 1.82) is 0 Å². The Bertz CT molecular complexity index is 1040. The zero-order valence-electron chi connectivity index (χ0n) is 18.4. The third-order valence-corrected chi connectivity index (χ3v) is 5.73. The maximum Gasteiger partial charge on any atom is 0.296 e. The van der Waals surface area contributed by atoms with E-state index in [-0.39, 0.29) is 24.7 Å². The lowest BCUT2D eigenvalue weighted by atomic mass is 10.1. The molecule has 0 bridgehead atoms. The third kappa shape index (κ3) is 6.67. The maximum atomic E-state index is 14.5. The van der Waals surface area contributed by atoms with Crippen molar-refractivity contribution in [2.24, 2.45) is 0 Å². The topological polar surface area (TPSA) is 78.9 Å². The van der Waals surface area contributed by atoms with Crippen molar-refractivity contribution in [3.8, 4) is 11.5 Å². The molecule has 1 N–H and O–H groups in total. The fraction of sp³-hybridized carbons (Fsp3) is 0.391. The number of fused-ring (bicyclic) bond motifs is 1. The molecule has 1 aromatic carbocycles. The van der Waals surface area contributed by atoms with Crippen molar-refractivity contribution in [3.05, 3.63) is 53.2 Å². The first-order chi connectivity index (χ1) is 16.0. The van der Waals surface area contributed by atoms with E-state index in [2.05, 4.69) is 10.3 Å². The summed E-state index contributed by atoms with van der Waals surface area (Å²) >= 11 is 1.25. The van der Waals surface area contributed by atoms with Gasteiger partial charge in [-0.3, -0.25) is 9.78 Å². The minimum Gasteiger partial charge on any atom is -0.455 e. The summed E-state index contributed by atoms with van der Waals surface area (Å²) in [5, 5.41) is 3.30. The van der Waals surface area contributed by atoms with Crippen molar-refractivity contribution in [2.75, 3.05) is 46.7 Å². The molecule has 7 nitrogen and oxygen atoms in total. The Morgan fingerprint density at radius 3 is 2.45 bits per heavy atom. The maximum absolute atomic E-state index is 14.5. The second-order valence-electron chi connectivity index (χ2n) is 6.90. The molecule has 178 valence electrons. The van der Waals surface area contributed by atoms with Crippen LogP contribution in [0.25, 0.3) is 10.1 Å². The van der Waals surface area contributed by atoms with Gasteiger partial charge < -0.3 is 24.3 Å². The lowest BCUT2D eigenvalue weighted by Gasteiger charge is -2.17. The van der Waals surface area contributed by atoms with Gasteiger partial charge in [-0.05, 0) is 37.3 Å². The number of ether oxygens (including phenoxy) is 4. The van der Waals surface area contributed by atoms with Gasteiger partial charge in [0.25, 0.3) is 11.8 Å². The molecule has 0 saturated heterocycles. The molecule has 0 aliphatic rings. The van der Waals surface area contributed by atoms with Crippen molar-refractivity contribution in [2.45, 2.75) is 12.8 Å². The number of aromatic nitrogens is 1. The van der Waals surface area contributed by atoms with Crippen molar-refractivity contribution in [3.63, 3.8) is 0 Å². The number of hydrogen-bond acceptors (Lipinski definition) is 7. The number of thiophene rings is 1. The fourth-order valence-electron chi connectivity index (χ4n) is 2.94. The third-order valence-electron chi connectivity index (χ3n) is 4.61. The molecule has 3 rings (SSSR count). The lowest BCUT2D eigenvalue weighted by molar-refractivity contribution is -0.0920. The number of hydrogen-bond donors (Lipinski definition) is 1. The molecule has 0 radical (unpaired) electrons. The van der Waals surface area contributed by atoms with Gasteiger partial charge in [0.15, 0.2) is 5.75 Å². The smallest absolute Gasteiger partial charge is 0.296 e. The average Bonchev–Trinajstić information content (AvgIpc) is 3.19. The van der Waals surface area contributed by atoms with Gasteiger partial charge >= 0.3 is 0 Å². The summed E-state index contributed by atoms with van der Waals surface area (Å²) < 4.78 is 51.1. The number of benzene rings is 1. The van der Waals surface area contributed by atoms with E-state index in [4.69, 9.17) is 18.9 Å². The van der Waals surface area contributed by atoms with Crippen molar-refractivity contribution in [1.82, 2.24) is 10.3 Å². The predicted molar refractivity (Wildman–Crippen MR) is 122 cm³/mol. The summed E-state index contributed by atoms with van der Waals surface area (Å²) in [5.74, 6) is -2.77. The summed E-state index contributed by atoms with van der Waals surface area (Å²) in [6, 6.07) is 7.20. The quantitative estimate of drug-likeness (QED) is 0.360. The van der Waals surface area contributed by atoms with Gasteiger partial charge in [-0.15, -0.1) is 11.3 Å². The number of halogens is 2. The highest BCUT2D eigenvalue weighted by atomic mass is 32.1. The zero-order valence-corrected chi connectivity index (χ0v) is 19.3. The van der Waals surface area contributed by atoms with Gasteiger partial charge in [-0.25, -0.2) is 0 Å². The van der Waals surface area contributed by atoms with Crippen LogP contribution in [0.3, 0.4) is 0 Å². The summed E-state index contributed by atoms with van der Waals surface area (Å²) in [6.07, 6.45) is 3.25. The number of rotatable bonds is 13. The van der Waals surface area contributed by atoms with E-state index in [0.717, 1.165) is 10.1 Å². The Kier molecular flexibility index (Phi) is 9.07. The summed E-state index contributed by atoms with van der Waals surface area (Å²) in [6.45, 7) is 2.86. The first-order valence-electron chi connectivity index (χ1n) is 10.4. The molecule has 2 aromatic heterocycles. The van der Waals surface area contributed by atoms with Gasteiger partial charge in [-0.2, -0.15) is 8.78 Å². The van der Waals surface area contributed by atoms with Crippen LogP contribution in [0.5, 0.6) is 11.5 Å². The first-order valence-corrected chi connectivity index (χ1v) is 11.3. The lowest BCUT2D eigenvalue weighted by Crippen LogP contribution is -2.22. The van der Waals surface area contributed by atoms with Crippen LogP contribution in [-0.4, -0.2) is 57.6 Å². The Hall–Kier alpha value is -2.66. The van der Waals surface area contributed by atoms with Crippen LogP contribution in [0.4, 0.5) is 8.78 Å². The number of nitrogens with zero attached hydrogens (tertiary/aromatic N) is 1. The van der Waals surface area contributed by atoms with Gasteiger partial charge in [0, 0.05) is 37.0 Å². The van der Waals surface area contributed by atoms with E-state index in [9.17, 15) is 13.6 Å². The van der Waals surface area contributed by atoms with Gasteiger partial charge in [0.1, 0.15) is 17.2 Å². The van der Waals surface area contributed by atoms with Crippen LogP contribution in [0, 0.1) is 0 Å². The van der Waals surface area contributed by atoms with Gasteiger partial charge in [0.2, 0.25) is 0 Å². The van der Waals surface area contributed by atoms with Crippen LogP contribution in [0.2, 0.25) is 0 Å². The molecular formula is C23H26F2N2O5S. The van der Waals surface area contributed by atoms with Crippen LogP contribution >= 0.6 is 11.3 Å². The summed E-state index contributed by atoms with van der Waals surface area (Å²) in [4.78, 5) is 16.7. The highest BCUT2D eigenvalue weighted by Gasteiger charge is 2.32. The number of pyridine rings is 1. The van der Waals surface area contributed by atoms with E-state index >= 15 is 0 Å². The molecule has 3 aromatic rings. The van der Waals surface area contributed by atoms with E-state index in [1.165, 1.54) is 42.6 Å². The van der Waals surface area contributed by atoms with Crippen molar-refractivity contribution >= 4 is 27.3 Å². The van der Waals surface area contributed by atoms with Crippen LogP contribution < -0.4 is 10.1 Å². The minimum absolute atomic E-state index is 0.0608. The first kappa shape index (κ1) is 25.0. The number of alkyl halides is 2. The second-order valence-corrected chi connectivity index (χ2v) is 7.96. The zero-order chi connectivity index (χ0) is 23.7. The molecule has 33 heavy (non-hydrogen) atoms. The fourth-order valence-corrected chi connectivity index (χ4v) is 3.99. The highest BCUT2D eigenvalue weighted by Crippen LogP contribution is 2.40. The molecular weight excluding hydrogens is 454 g/mol. The van der Waals surface area contributed by atoms with E-state index in [1.54, 1.807) is 18.5 Å². The Morgan fingerprint density at radius 2 is 1.76 bits per heavy atom. The van der Waals surface area contributed by atoms with Crippen LogP contribution in [-0.2, 0) is 20.1 Å². The number of amides is 1. The SMILES string of the molecule is CCOCCOCCOCC(F)(F)c1ccc(Oc2c(C(=O)NC)sc3cnccc23)cc1. The van der Waals surface area contributed by atoms with E-state index in [0.29, 0.717) is 36.2 Å². The normalized spacial score (nSPS) is 11.6. The molecule has 0 aliphatic carbocycles. The molecule has 0 saturated carbocycles. The molecule has 0 unspecified atom stereocenters. The molecule has 0 spiro atoms. The number of carbonyl (C=O) groups is 1. The van der Waals surface area contributed by atoms with Gasteiger partial charge in [0.05, 0.1) is 31.1 Å². The molecule has 2 heterocycles. The largest absolute Gasteiger partial charge is 0.455 e. The predicted octanol–water partition coefficient (Wildman–Crippen LogP) is 4.61. The minimum atomic E-state index is -3.17.